The van der Waals surface area contributed by atoms with E-state index in [2.05, 4.69) is 12.7 Å². The lowest BCUT2D eigenvalue weighted by atomic mass is 9.76. The lowest BCUT2D eigenvalue weighted by Gasteiger charge is -2.37. The molecule has 21 heavy (non-hydrogen) atoms. The highest BCUT2D eigenvalue weighted by Gasteiger charge is 2.31. The Morgan fingerprint density at radius 1 is 0.952 bits per heavy atom. The van der Waals surface area contributed by atoms with Crippen LogP contribution in [0, 0.1) is 17.8 Å². The molecule has 1 saturated heterocycles. The molecule has 0 radical (unpaired) electrons. The van der Waals surface area contributed by atoms with Gasteiger partial charge in [0.15, 0.2) is 6.29 Å². The first-order valence-corrected chi connectivity index (χ1v) is 8.25. The fourth-order valence-electron chi connectivity index (χ4n) is 3.45. The fraction of sp³-hybridized carbons (Fsp3) is 0.556. The SMILES string of the molecule is C=C[C@H]1CC[C@H](C2COC(c3ccc(Cl)cc3)OC2)CC1. The second-order valence-electron chi connectivity index (χ2n) is 6.22. The summed E-state index contributed by atoms with van der Waals surface area (Å²) in [5.41, 5.74) is 1.05. The maximum absolute atomic E-state index is 5.94. The quantitative estimate of drug-likeness (QED) is 0.732. The van der Waals surface area contributed by atoms with Gasteiger partial charge in [-0.2, -0.15) is 0 Å². The average molecular weight is 307 g/mol. The Morgan fingerprint density at radius 3 is 2.14 bits per heavy atom. The summed E-state index contributed by atoms with van der Waals surface area (Å²) in [4.78, 5) is 0. The van der Waals surface area contributed by atoms with Crippen LogP contribution in [0.5, 0.6) is 0 Å². The van der Waals surface area contributed by atoms with Crippen LogP contribution >= 0.6 is 11.6 Å². The van der Waals surface area contributed by atoms with Crippen LogP contribution in [-0.4, -0.2) is 13.2 Å². The van der Waals surface area contributed by atoms with Gasteiger partial charge >= 0.3 is 0 Å². The summed E-state index contributed by atoms with van der Waals surface area (Å²) >= 11 is 5.91. The van der Waals surface area contributed by atoms with Crippen molar-refractivity contribution >= 4 is 11.6 Å². The predicted molar refractivity (Wildman–Crippen MR) is 85.2 cm³/mol. The number of allylic oxidation sites excluding steroid dienone is 1. The Morgan fingerprint density at radius 2 is 1.57 bits per heavy atom. The molecule has 114 valence electrons. The molecule has 0 atom stereocenters. The Bertz CT molecular complexity index is 455. The van der Waals surface area contributed by atoms with Gasteiger partial charge in [0.1, 0.15) is 0 Å². The topological polar surface area (TPSA) is 18.5 Å². The number of halogens is 1. The smallest absolute Gasteiger partial charge is 0.183 e. The van der Waals surface area contributed by atoms with Gasteiger partial charge in [0, 0.05) is 16.5 Å². The Hall–Kier alpha value is -0.830. The zero-order valence-corrected chi connectivity index (χ0v) is 13.1. The number of ether oxygens (including phenoxy) is 2. The Labute approximate surface area is 132 Å². The maximum atomic E-state index is 5.94. The molecule has 0 bridgehead atoms. The minimum atomic E-state index is -0.233. The van der Waals surface area contributed by atoms with Crippen LogP contribution in [0.3, 0.4) is 0 Å². The molecular formula is C18H23ClO2. The van der Waals surface area contributed by atoms with Gasteiger partial charge in [-0.15, -0.1) is 6.58 Å². The second kappa shape index (κ2) is 6.95. The van der Waals surface area contributed by atoms with E-state index < -0.39 is 0 Å². The van der Waals surface area contributed by atoms with Crippen molar-refractivity contribution < 1.29 is 9.47 Å². The number of hydrogen-bond acceptors (Lipinski definition) is 2. The third kappa shape index (κ3) is 3.68. The predicted octanol–water partition coefficient (Wildman–Crippen LogP) is 4.99. The molecule has 0 unspecified atom stereocenters. The minimum absolute atomic E-state index is 0.233. The van der Waals surface area contributed by atoms with Gasteiger partial charge in [0.05, 0.1) is 13.2 Å². The zero-order valence-electron chi connectivity index (χ0n) is 12.3. The largest absolute Gasteiger partial charge is 0.348 e. The van der Waals surface area contributed by atoms with Crippen molar-refractivity contribution in [3.05, 3.63) is 47.5 Å². The molecule has 2 fully saturated rings. The Kier molecular flexibility index (Phi) is 4.99. The van der Waals surface area contributed by atoms with Gasteiger partial charge in [-0.05, 0) is 49.7 Å². The van der Waals surface area contributed by atoms with Gasteiger partial charge in [-0.25, -0.2) is 0 Å². The molecule has 0 N–H and O–H groups in total. The molecule has 0 spiro atoms. The van der Waals surface area contributed by atoms with E-state index in [0.717, 1.165) is 29.7 Å². The third-order valence-electron chi connectivity index (χ3n) is 4.88. The molecule has 3 heteroatoms. The molecule has 0 amide bonds. The molecule has 1 aliphatic carbocycles. The van der Waals surface area contributed by atoms with Crippen molar-refractivity contribution in [3.63, 3.8) is 0 Å². The molecule has 2 nitrogen and oxygen atoms in total. The van der Waals surface area contributed by atoms with E-state index in [9.17, 15) is 0 Å². The van der Waals surface area contributed by atoms with Crippen molar-refractivity contribution in [2.24, 2.45) is 17.8 Å². The summed E-state index contributed by atoms with van der Waals surface area (Å²) in [5, 5.41) is 0.742. The minimum Gasteiger partial charge on any atom is -0.348 e. The van der Waals surface area contributed by atoms with Gasteiger partial charge in [-0.1, -0.05) is 29.8 Å². The van der Waals surface area contributed by atoms with Crippen LogP contribution in [0.1, 0.15) is 37.5 Å². The maximum Gasteiger partial charge on any atom is 0.183 e. The number of hydrogen-bond donors (Lipinski definition) is 0. The van der Waals surface area contributed by atoms with E-state index in [0.29, 0.717) is 11.8 Å². The van der Waals surface area contributed by atoms with Crippen molar-refractivity contribution in [1.29, 1.82) is 0 Å². The van der Waals surface area contributed by atoms with Crippen LogP contribution in [0.15, 0.2) is 36.9 Å². The summed E-state index contributed by atoms with van der Waals surface area (Å²) in [6, 6.07) is 7.71. The van der Waals surface area contributed by atoms with E-state index in [1.54, 1.807) is 0 Å². The van der Waals surface area contributed by atoms with Gasteiger partial charge in [-0.3, -0.25) is 0 Å². The van der Waals surface area contributed by atoms with E-state index >= 15 is 0 Å². The van der Waals surface area contributed by atoms with Crippen molar-refractivity contribution in [3.8, 4) is 0 Å². The third-order valence-corrected chi connectivity index (χ3v) is 5.13. The molecule has 2 aliphatic rings. The van der Waals surface area contributed by atoms with Crippen LogP contribution in [-0.2, 0) is 9.47 Å². The molecule has 0 aromatic heterocycles. The van der Waals surface area contributed by atoms with E-state index in [4.69, 9.17) is 21.1 Å². The Balaban J connectivity index is 1.51. The normalized spacial score (nSPS) is 33.6. The van der Waals surface area contributed by atoms with Crippen LogP contribution < -0.4 is 0 Å². The highest BCUT2D eigenvalue weighted by Crippen LogP contribution is 2.37. The average Bonchev–Trinajstić information content (AvgIpc) is 2.56. The second-order valence-corrected chi connectivity index (χ2v) is 6.66. The molecule has 1 saturated carbocycles. The molecule has 1 aliphatic heterocycles. The number of rotatable bonds is 3. The van der Waals surface area contributed by atoms with Crippen molar-refractivity contribution in [2.75, 3.05) is 13.2 Å². The molecule has 1 aromatic rings. The van der Waals surface area contributed by atoms with Gasteiger partial charge in [0.25, 0.3) is 0 Å². The van der Waals surface area contributed by atoms with E-state index in [1.807, 2.05) is 24.3 Å². The number of benzene rings is 1. The molecular weight excluding hydrogens is 284 g/mol. The molecule has 1 heterocycles. The van der Waals surface area contributed by atoms with Crippen LogP contribution in [0.2, 0.25) is 5.02 Å². The van der Waals surface area contributed by atoms with Crippen LogP contribution in [0.4, 0.5) is 0 Å². The highest BCUT2D eigenvalue weighted by atomic mass is 35.5. The summed E-state index contributed by atoms with van der Waals surface area (Å²) < 4.78 is 11.9. The molecule has 1 aromatic carbocycles. The van der Waals surface area contributed by atoms with Crippen LogP contribution in [0.25, 0.3) is 0 Å². The monoisotopic (exact) mass is 306 g/mol. The first-order valence-electron chi connectivity index (χ1n) is 7.87. The summed E-state index contributed by atoms with van der Waals surface area (Å²) in [7, 11) is 0. The van der Waals surface area contributed by atoms with E-state index in [-0.39, 0.29) is 6.29 Å². The zero-order chi connectivity index (χ0) is 14.7. The summed E-state index contributed by atoms with van der Waals surface area (Å²) in [5.74, 6) is 2.00. The lowest BCUT2D eigenvalue weighted by molar-refractivity contribution is -0.214. The fourth-order valence-corrected chi connectivity index (χ4v) is 3.58. The van der Waals surface area contributed by atoms with E-state index in [1.165, 1.54) is 25.7 Å². The van der Waals surface area contributed by atoms with Gasteiger partial charge in [0.2, 0.25) is 0 Å². The van der Waals surface area contributed by atoms with Gasteiger partial charge < -0.3 is 9.47 Å². The molecule has 3 rings (SSSR count). The standard InChI is InChI=1S/C18H23ClO2/c1-2-13-3-5-14(6-4-13)16-11-20-18(21-12-16)15-7-9-17(19)10-8-15/h2,7-10,13-14,16,18H,1,3-6,11-12H2/t13-,14-,16?,18?. The first kappa shape index (κ1) is 15.1. The van der Waals surface area contributed by atoms with Crippen molar-refractivity contribution in [2.45, 2.75) is 32.0 Å². The summed E-state index contributed by atoms with van der Waals surface area (Å²) in [6.07, 6.45) is 6.97. The highest BCUT2D eigenvalue weighted by molar-refractivity contribution is 6.30. The summed E-state index contributed by atoms with van der Waals surface area (Å²) in [6.45, 7) is 5.52. The first-order chi connectivity index (χ1) is 10.3. The van der Waals surface area contributed by atoms with Crippen molar-refractivity contribution in [1.82, 2.24) is 0 Å². The lowest BCUT2D eigenvalue weighted by Crippen LogP contribution is -2.34.